The largest absolute Gasteiger partial charge is 0.454 e. The Morgan fingerprint density at radius 3 is 2.62 bits per heavy atom. The fraction of sp³-hybridized carbons (Fsp3) is 0.667. The summed E-state index contributed by atoms with van der Waals surface area (Å²) in [5.41, 5.74) is -0.0729. The molecule has 0 amide bonds. The van der Waals surface area contributed by atoms with Crippen LogP contribution in [0.3, 0.4) is 0 Å². The first-order valence-corrected chi connectivity index (χ1v) is 6.92. The number of nitrogens with one attached hydrogen (secondary N) is 1. The van der Waals surface area contributed by atoms with Gasteiger partial charge in [0.2, 0.25) is 0 Å². The topological polar surface area (TPSA) is 45.4 Å². The second-order valence-electron chi connectivity index (χ2n) is 4.56. The molecule has 0 aliphatic heterocycles. The van der Waals surface area contributed by atoms with E-state index in [1.54, 1.807) is 0 Å². The van der Waals surface area contributed by atoms with Crippen molar-refractivity contribution < 1.29 is 9.52 Å². The Balaban J connectivity index is 1.91. The molecule has 1 aliphatic rings. The van der Waals surface area contributed by atoms with Gasteiger partial charge in [-0.15, -0.1) is 0 Å². The smallest absolute Gasteiger partial charge is 0.164 e. The molecule has 1 aromatic rings. The lowest BCUT2D eigenvalue weighted by Crippen LogP contribution is -2.49. The Morgan fingerprint density at radius 2 is 2.06 bits per heavy atom. The van der Waals surface area contributed by atoms with Gasteiger partial charge >= 0.3 is 0 Å². The van der Waals surface area contributed by atoms with Crippen LogP contribution in [0.4, 0.5) is 0 Å². The summed E-state index contributed by atoms with van der Waals surface area (Å²) >= 11 is 2.16. The van der Waals surface area contributed by atoms with Gasteiger partial charge in [-0.3, -0.25) is 0 Å². The van der Waals surface area contributed by atoms with Crippen molar-refractivity contribution in [1.29, 1.82) is 0 Å². The highest BCUT2D eigenvalue weighted by Crippen LogP contribution is 2.28. The minimum Gasteiger partial charge on any atom is -0.454 e. The second kappa shape index (κ2) is 5.51. The summed E-state index contributed by atoms with van der Waals surface area (Å²) in [7, 11) is 0. The van der Waals surface area contributed by atoms with Crippen molar-refractivity contribution in [2.24, 2.45) is 0 Å². The predicted molar refractivity (Wildman–Crippen MR) is 71.2 cm³/mol. The highest BCUT2D eigenvalue weighted by Gasteiger charge is 2.30. The summed E-state index contributed by atoms with van der Waals surface area (Å²) in [5, 5.41) is 13.0. The van der Waals surface area contributed by atoms with Gasteiger partial charge in [-0.1, -0.05) is 19.3 Å². The lowest BCUT2D eigenvalue weighted by atomic mass is 9.82. The summed E-state index contributed by atoms with van der Waals surface area (Å²) < 4.78 is 6.42. The van der Waals surface area contributed by atoms with Gasteiger partial charge in [-0.25, -0.2) is 0 Å². The summed E-state index contributed by atoms with van der Waals surface area (Å²) in [4.78, 5) is 0. The molecule has 0 bridgehead atoms. The average molecular weight is 335 g/mol. The first kappa shape index (κ1) is 12.4. The number of hydrogen-bond donors (Lipinski definition) is 2. The minimum atomic E-state index is -0.0729. The van der Waals surface area contributed by atoms with Crippen LogP contribution < -0.4 is 5.32 Å². The maximum atomic E-state index is 9.53. The molecule has 0 radical (unpaired) electrons. The molecular formula is C12H18INO2. The predicted octanol–water partition coefficient (Wildman–Crippen LogP) is 2.67. The van der Waals surface area contributed by atoms with Gasteiger partial charge in [-0.05, 0) is 47.6 Å². The molecule has 1 heterocycles. The molecule has 0 aromatic carbocycles. The van der Waals surface area contributed by atoms with Crippen molar-refractivity contribution in [2.75, 3.05) is 6.61 Å². The van der Waals surface area contributed by atoms with Gasteiger partial charge in [-0.2, -0.15) is 0 Å². The highest BCUT2D eigenvalue weighted by molar-refractivity contribution is 14.1. The van der Waals surface area contributed by atoms with E-state index in [9.17, 15) is 5.11 Å². The molecule has 0 unspecified atom stereocenters. The van der Waals surface area contributed by atoms with E-state index in [1.165, 1.54) is 19.3 Å². The fourth-order valence-corrected chi connectivity index (χ4v) is 2.80. The van der Waals surface area contributed by atoms with Gasteiger partial charge in [0, 0.05) is 5.54 Å². The molecule has 0 atom stereocenters. The normalized spacial score (nSPS) is 19.9. The van der Waals surface area contributed by atoms with E-state index in [4.69, 9.17) is 4.42 Å². The third-order valence-electron chi connectivity index (χ3n) is 3.38. The third-order valence-corrected chi connectivity index (χ3v) is 3.96. The molecule has 4 heteroatoms. The number of rotatable bonds is 4. The SMILES string of the molecule is OCC1(NCc2ccc(I)o2)CCCCC1. The Labute approximate surface area is 110 Å². The molecule has 0 saturated heterocycles. The van der Waals surface area contributed by atoms with E-state index in [1.807, 2.05) is 12.1 Å². The quantitative estimate of drug-likeness (QED) is 0.832. The van der Waals surface area contributed by atoms with Gasteiger partial charge in [0.1, 0.15) is 5.76 Å². The summed E-state index contributed by atoms with van der Waals surface area (Å²) in [6.07, 6.45) is 5.86. The Hall–Kier alpha value is -0.0700. The Bertz CT molecular complexity index is 332. The van der Waals surface area contributed by atoms with Gasteiger partial charge in [0.05, 0.1) is 13.2 Å². The molecule has 0 spiro atoms. The molecule has 1 fully saturated rings. The number of aliphatic hydroxyl groups is 1. The number of aliphatic hydroxyl groups excluding tert-OH is 1. The lowest BCUT2D eigenvalue weighted by Gasteiger charge is -2.36. The number of halogens is 1. The lowest BCUT2D eigenvalue weighted by molar-refractivity contribution is 0.117. The Morgan fingerprint density at radius 1 is 1.31 bits per heavy atom. The van der Waals surface area contributed by atoms with E-state index in [0.29, 0.717) is 6.54 Å². The number of hydrogen-bond acceptors (Lipinski definition) is 3. The molecule has 1 saturated carbocycles. The van der Waals surface area contributed by atoms with E-state index in [2.05, 4.69) is 27.9 Å². The first-order valence-electron chi connectivity index (χ1n) is 5.84. The highest BCUT2D eigenvalue weighted by atomic mass is 127. The fourth-order valence-electron chi connectivity index (χ4n) is 2.34. The van der Waals surface area contributed by atoms with E-state index >= 15 is 0 Å². The molecule has 90 valence electrons. The molecule has 2 rings (SSSR count). The summed E-state index contributed by atoms with van der Waals surface area (Å²) in [5.74, 6) is 0.947. The van der Waals surface area contributed by atoms with Crippen molar-refractivity contribution in [3.8, 4) is 0 Å². The maximum Gasteiger partial charge on any atom is 0.164 e. The van der Waals surface area contributed by atoms with Crippen molar-refractivity contribution in [3.05, 3.63) is 21.7 Å². The van der Waals surface area contributed by atoms with Gasteiger partial charge in [0.25, 0.3) is 0 Å². The zero-order valence-electron chi connectivity index (χ0n) is 9.34. The second-order valence-corrected chi connectivity index (χ2v) is 5.62. The standard InChI is InChI=1S/C12H18INO2/c13-11-5-4-10(16-11)8-14-12(9-15)6-2-1-3-7-12/h4-5,14-15H,1-3,6-9H2. The summed E-state index contributed by atoms with van der Waals surface area (Å²) in [6.45, 7) is 0.939. The molecule has 1 aromatic heterocycles. The van der Waals surface area contributed by atoms with Crippen LogP contribution in [0, 0.1) is 3.77 Å². The van der Waals surface area contributed by atoms with Crippen LogP contribution in [0.15, 0.2) is 16.5 Å². The van der Waals surface area contributed by atoms with E-state index in [0.717, 1.165) is 22.4 Å². The monoisotopic (exact) mass is 335 g/mol. The minimum absolute atomic E-state index is 0.0729. The van der Waals surface area contributed by atoms with Crippen LogP contribution in [-0.2, 0) is 6.54 Å². The van der Waals surface area contributed by atoms with Crippen molar-refractivity contribution in [3.63, 3.8) is 0 Å². The molecule has 1 aliphatic carbocycles. The first-order chi connectivity index (χ1) is 7.74. The van der Waals surface area contributed by atoms with Crippen molar-refractivity contribution >= 4 is 22.6 Å². The van der Waals surface area contributed by atoms with Gasteiger partial charge < -0.3 is 14.8 Å². The Kier molecular flexibility index (Phi) is 4.27. The average Bonchev–Trinajstić information content (AvgIpc) is 2.74. The molecule has 3 nitrogen and oxygen atoms in total. The van der Waals surface area contributed by atoms with Crippen molar-refractivity contribution in [1.82, 2.24) is 5.32 Å². The summed E-state index contributed by atoms with van der Waals surface area (Å²) in [6, 6.07) is 3.95. The van der Waals surface area contributed by atoms with Crippen LogP contribution >= 0.6 is 22.6 Å². The zero-order chi connectivity index (χ0) is 11.4. The third kappa shape index (κ3) is 2.99. The van der Waals surface area contributed by atoms with Crippen molar-refractivity contribution in [2.45, 2.75) is 44.2 Å². The zero-order valence-corrected chi connectivity index (χ0v) is 11.5. The number of furan rings is 1. The molecule has 16 heavy (non-hydrogen) atoms. The maximum absolute atomic E-state index is 9.53. The molecular weight excluding hydrogens is 317 g/mol. The van der Waals surface area contributed by atoms with E-state index in [-0.39, 0.29) is 12.1 Å². The van der Waals surface area contributed by atoms with Crippen LogP contribution in [0.2, 0.25) is 0 Å². The van der Waals surface area contributed by atoms with Crippen LogP contribution in [0.25, 0.3) is 0 Å². The van der Waals surface area contributed by atoms with Gasteiger partial charge in [0.15, 0.2) is 3.77 Å². The molecule has 2 N–H and O–H groups in total. The van der Waals surface area contributed by atoms with E-state index < -0.39 is 0 Å². The van der Waals surface area contributed by atoms with Crippen LogP contribution in [-0.4, -0.2) is 17.3 Å². The van der Waals surface area contributed by atoms with Crippen LogP contribution in [0.1, 0.15) is 37.9 Å². The van der Waals surface area contributed by atoms with Crippen LogP contribution in [0.5, 0.6) is 0 Å².